The molecule has 1 fully saturated rings. The summed E-state index contributed by atoms with van der Waals surface area (Å²) in [6, 6.07) is 8.11. The van der Waals surface area contributed by atoms with E-state index in [-0.39, 0.29) is 5.91 Å². The molecule has 1 aliphatic carbocycles. The molecule has 3 aromatic rings. The van der Waals surface area contributed by atoms with Crippen LogP contribution in [0.15, 0.2) is 35.0 Å². The van der Waals surface area contributed by atoms with Gasteiger partial charge in [0.1, 0.15) is 0 Å². The monoisotopic (exact) mass is 324 g/mol. The third-order valence-electron chi connectivity index (χ3n) is 4.42. The van der Waals surface area contributed by atoms with E-state index in [1.807, 2.05) is 25.4 Å². The van der Waals surface area contributed by atoms with Gasteiger partial charge in [0.25, 0.3) is 0 Å². The first-order chi connectivity index (χ1) is 11.7. The number of hydrogen-bond acceptors (Lipinski definition) is 4. The maximum Gasteiger partial charge on any atom is 0.228 e. The molecule has 2 aromatic heterocycles. The van der Waals surface area contributed by atoms with Gasteiger partial charge in [0, 0.05) is 43.0 Å². The Balaban J connectivity index is 1.32. The number of amides is 1. The topological polar surface area (TPSA) is 73.0 Å². The zero-order valence-corrected chi connectivity index (χ0v) is 13.7. The summed E-state index contributed by atoms with van der Waals surface area (Å²) >= 11 is 0. The Hall–Kier alpha value is -2.63. The molecule has 0 radical (unpaired) electrons. The second-order valence-electron chi connectivity index (χ2n) is 6.38. The van der Waals surface area contributed by atoms with Gasteiger partial charge in [-0.3, -0.25) is 4.79 Å². The van der Waals surface area contributed by atoms with Gasteiger partial charge in [0.05, 0.1) is 6.42 Å². The highest BCUT2D eigenvalue weighted by Gasteiger charge is 2.28. The van der Waals surface area contributed by atoms with Gasteiger partial charge >= 0.3 is 0 Å². The first-order valence-corrected chi connectivity index (χ1v) is 8.33. The van der Waals surface area contributed by atoms with Crippen LogP contribution < -0.4 is 5.32 Å². The lowest BCUT2D eigenvalue weighted by Gasteiger charge is -2.02. The average molecular weight is 324 g/mol. The highest BCUT2D eigenvalue weighted by Crippen LogP contribution is 2.38. The molecule has 0 bridgehead atoms. The van der Waals surface area contributed by atoms with Crippen molar-refractivity contribution in [2.24, 2.45) is 7.05 Å². The Labute approximate surface area is 139 Å². The Bertz CT molecular complexity index is 876. The molecule has 1 saturated carbocycles. The molecule has 24 heavy (non-hydrogen) atoms. The van der Waals surface area contributed by atoms with Gasteiger partial charge in [-0.25, -0.2) is 0 Å². The quantitative estimate of drug-likeness (QED) is 0.755. The van der Waals surface area contributed by atoms with Gasteiger partial charge in [-0.2, -0.15) is 4.98 Å². The van der Waals surface area contributed by atoms with Crippen LogP contribution in [0.4, 0.5) is 0 Å². The fourth-order valence-corrected chi connectivity index (χ4v) is 2.99. The fraction of sp³-hybridized carbons (Fsp3) is 0.389. The molecule has 0 spiro atoms. The van der Waals surface area contributed by atoms with Gasteiger partial charge in [-0.05, 0) is 24.5 Å². The predicted molar refractivity (Wildman–Crippen MR) is 89.6 cm³/mol. The smallest absolute Gasteiger partial charge is 0.228 e. The minimum atomic E-state index is 0.00767. The van der Waals surface area contributed by atoms with Crippen LogP contribution in [0.1, 0.15) is 36.0 Å². The maximum atomic E-state index is 12.2. The largest absolute Gasteiger partial charge is 0.355 e. The van der Waals surface area contributed by atoms with Crippen LogP contribution >= 0.6 is 0 Å². The number of hydrogen-bond donors (Lipinski definition) is 1. The molecule has 0 saturated heterocycles. The number of benzene rings is 1. The van der Waals surface area contributed by atoms with Crippen molar-refractivity contribution in [3.05, 3.63) is 47.7 Å². The molecule has 2 heterocycles. The Kier molecular flexibility index (Phi) is 3.80. The van der Waals surface area contributed by atoms with Crippen LogP contribution in [0.3, 0.4) is 0 Å². The van der Waals surface area contributed by atoms with E-state index in [0.29, 0.717) is 31.2 Å². The standard InChI is InChI=1S/C18H20N4O2/c1-22-11-13(14-4-2-3-5-15(14)22)10-16(23)19-9-8-17-20-18(21-24-17)12-6-7-12/h2-5,11-12H,6-10H2,1H3,(H,19,23). The molecular weight excluding hydrogens is 304 g/mol. The van der Waals surface area contributed by atoms with Crippen molar-refractivity contribution in [3.63, 3.8) is 0 Å². The number of rotatable bonds is 6. The van der Waals surface area contributed by atoms with Crippen molar-refractivity contribution in [1.82, 2.24) is 20.0 Å². The van der Waals surface area contributed by atoms with E-state index < -0.39 is 0 Å². The summed E-state index contributed by atoms with van der Waals surface area (Å²) in [6.45, 7) is 0.510. The normalized spacial score (nSPS) is 14.2. The molecule has 1 amide bonds. The number of para-hydroxylation sites is 1. The molecule has 0 aliphatic heterocycles. The van der Waals surface area contributed by atoms with E-state index >= 15 is 0 Å². The molecule has 1 aromatic carbocycles. The number of carbonyl (C=O) groups is 1. The van der Waals surface area contributed by atoms with Gasteiger partial charge < -0.3 is 14.4 Å². The van der Waals surface area contributed by atoms with Crippen molar-refractivity contribution < 1.29 is 9.32 Å². The fourth-order valence-electron chi connectivity index (χ4n) is 2.99. The molecule has 6 nitrogen and oxygen atoms in total. The number of aryl methyl sites for hydroxylation is 1. The predicted octanol–water partition coefficient (Wildman–Crippen LogP) is 2.34. The molecule has 0 unspecified atom stereocenters. The van der Waals surface area contributed by atoms with Crippen LogP contribution in [-0.4, -0.2) is 27.2 Å². The zero-order valence-electron chi connectivity index (χ0n) is 13.7. The SMILES string of the molecule is Cn1cc(CC(=O)NCCc2nc(C3CC3)no2)c2ccccc21. The molecule has 1 aliphatic rings. The molecule has 6 heteroatoms. The van der Waals surface area contributed by atoms with Crippen molar-refractivity contribution in [2.45, 2.75) is 31.6 Å². The van der Waals surface area contributed by atoms with E-state index in [4.69, 9.17) is 4.52 Å². The van der Waals surface area contributed by atoms with Crippen molar-refractivity contribution >= 4 is 16.8 Å². The van der Waals surface area contributed by atoms with Crippen LogP contribution in [0.5, 0.6) is 0 Å². The molecule has 4 rings (SSSR count). The summed E-state index contributed by atoms with van der Waals surface area (Å²) < 4.78 is 7.26. The number of nitrogens with zero attached hydrogens (tertiary/aromatic N) is 3. The summed E-state index contributed by atoms with van der Waals surface area (Å²) in [6.07, 6.45) is 5.27. The van der Waals surface area contributed by atoms with E-state index in [0.717, 1.165) is 35.1 Å². The number of carbonyl (C=O) groups excluding carboxylic acids is 1. The van der Waals surface area contributed by atoms with Crippen molar-refractivity contribution in [1.29, 1.82) is 0 Å². The minimum absolute atomic E-state index is 0.00767. The van der Waals surface area contributed by atoms with Crippen LogP contribution in [0, 0.1) is 0 Å². The van der Waals surface area contributed by atoms with Crippen molar-refractivity contribution in [2.75, 3.05) is 6.54 Å². The van der Waals surface area contributed by atoms with Crippen LogP contribution in [0.25, 0.3) is 10.9 Å². The molecular formula is C18H20N4O2. The third kappa shape index (κ3) is 3.04. The molecule has 1 N–H and O–H groups in total. The van der Waals surface area contributed by atoms with E-state index in [2.05, 4.69) is 32.2 Å². The first kappa shape index (κ1) is 14.9. The lowest BCUT2D eigenvalue weighted by molar-refractivity contribution is -0.120. The second-order valence-corrected chi connectivity index (χ2v) is 6.38. The zero-order chi connectivity index (χ0) is 16.5. The van der Waals surface area contributed by atoms with E-state index in [9.17, 15) is 4.79 Å². The van der Waals surface area contributed by atoms with Gasteiger partial charge in [-0.15, -0.1) is 0 Å². The van der Waals surface area contributed by atoms with Crippen LogP contribution in [-0.2, 0) is 24.7 Å². The lowest BCUT2D eigenvalue weighted by atomic mass is 10.1. The minimum Gasteiger partial charge on any atom is -0.355 e. The highest BCUT2D eigenvalue weighted by atomic mass is 16.5. The van der Waals surface area contributed by atoms with E-state index in [1.54, 1.807) is 0 Å². The third-order valence-corrected chi connectivity index (χ3v) is 4.42. The summed E-state index contributed by atoms with van der Waals surface area (Å²) in [5.41, 5.74) is 2.18. The number of fused-ring (bicyclic) bond motifs is 1. The summed E-state index contributed by atoms with van der Waals surface area (Å²) in [7, 11) is 2.00. The molecule has 0 atom stereocenters. The summed E-state index contributed by atoms with van der Waals surface area (Å²) in [5.74, 6) is 1.91. The average Bonchev–Trinajstić information content (AvgIpc) is 3.25. The Morgan fingerprint density at radius 1 is 1.38 bits per heavy atom. The maximum absolute atomic E-state index is 12.2. The van der Waals surface area contributed by atoms with Gasteiger partial charge in [-0.1, -0.05) is 23.4 Å². The number of nitrogens with one attached hydrogen (secondary N) is 1. The molecule has 124 valence electrons. The highest BCUT2D eigenvalue weighted by molar-refractivity contribution is 5.89. The van der Waals surface area contributed by atoms with Crippen molar-refractivity contribution in [3.8, 4) is 0 Å². The number of aromatic nitrogens is 3. The van der Waals surface area contributed by atoms with Crippen LogP contribution in [0.2, 0.25) is 0 Å². The second kappa shape index (κ2) is 6.11. The van der Waals surface area contributed by atoms with E-state index in [1.165, 1.54) is 0 Å². The van der Waals surface area contributed by atoms with Gasteiger partial charge in [0.2, 0.25) is 11.8 Å². The first-order valence-electron chi connectivity index (χ1n) is 8.33. The Morgan fingerprint density at radius 3 is 3.04 bits per heavy atom. The lowest BCUT2D eigenvalue weighted by Crippen LogP contribution is -2.27. The van der Waals surface area contributed by atoms with Gasteiger partial charge in [0.15, 0.2) is 5.82 Å². The summed E-state index contributed by atoms with van der Waals surface area (Å²) in [4.78, 5) is 16.6. The summed E-state index contributed by atoms with van der Waals surface area (Å²) in [5, 5.41) is 8.04. The Morgan fingerprint density at radius 2 is 2.21 bits per heavy atom.